The number of carbonyl (C=O) groups excluding carboxylic acids is 1. The molecular weight excluding hydrogens is 346 g/mol. The smallest absolute Gasteiger partial charge is 0.296 e. The fraction of sp³-hybridized carbons (Fsp3) is 0.0500. The minimum Gasteiger partial charge on any atom is -0.350 e. The number of hydrogen-bond donors (Lipinski definition) is 1. The highest BCUT2D eigenvalue weighted by Gasteiger charge is 2.16. The SMILES string of the molecule is Cc1ccc(-c2csc(NC(=O)c3cc(-c4ccccc4)no3)n2)cc1. The van der Waals surface area contributed by atoms with Crippen LogP contribution in [0.25, 0.3) is 22.5 Å². The lowest BCUT2D eigenvalue weighted by Gasteiger charge is -1.98. The first kappa shape index (κ1) is 16.2. The molecule has 0 fully saturated rings. The van der Waals surface area contributed by atoms with Gasteiger partial charge in [0.1, 0.15) is 5.69 Å². The number of carbonyl (C=O) groups is 1. The Balaban J connectivity index is 1.49. The van der Waals surface area contributed by atoms with Gasteiger partial charge in [0.2, 0.25) is 5.76 Å². The maximum atomic E-state index is 12.4. The molecule has 0 spiro atoms. The van der Waals surface area contributed by atoms with Gasteiger partial charge in [0.25, 0.3) is 5.91 Å². The van der Waals surface area contributed by atoms with Crippen LogP contribution >= 0.6 is 11.3 Å². The van der Waals surface area contributed by atoms with Crippen LogP contribution in [0, 0.1) is 6.92 Å². The molecule has 2 aromatic carbocycles. The van der Waals surface area contributed by atoms with Gasteiger partial charge in [-0.2, -0.15) is 0 Å². The maximum Gasteiger partial charge on any atom is 0.296 e. The second-order valence-corrected chi connectivity index (χ2v) is 6.66. The van der Waals surface area contributed by atoms with E-state index in [1.807, 2.05) is 66.9 Å². The van der Waals surface area contributed by atoms with Gasteiger partial charge in [-0.1, -0.05) is 65.3 Å². The zero-order chi connectivity index (χ0) is 17.9. The summed E-state index contributed by atoms with van der Waals surface area (Å²) in [6.45, 7) is 2.04. The molecule has 0 saturated heterocycles. The van der Waals surface area contributed by atoms with Gasteiger partial charge in [0, 0.05) is 22.6 Å². The molecule has 26 heavy (non-hydrogen) atoms. The number of hydrogen-bond acceptors (Lipinski definition) is 5. The van der Waals surface area contributed by atoms with Crippen LogP contribution in [0.3, 0.4) is 0 Å². The monoisotopic (exact) mass is 361 g/mol. The Morgan fingerprint density at radius 2 is 1.73 bits per heavy atom. The Kier molecular flexibility index (Phi) is 4.33. The minimum atomic E-state index is -0.371. The third kappa shape index (κ3) is 3.41. The number of amides is 1. The number of nitrogens with one attached hydrogen (secondary N) is 1. The maximum absolute atomic E-state index is 12.4. The van der Waals surface area contributed by atoms with Crippen molar-refractivity contribution in [3.8, 4) is 22.5 Å². The first-order valence-corrected chi connectivity index (χ1v) is 8.93. The number of aryl methyl sites for hydroxylation is 1. The molecule has 0 unspecified atom stereocenters. The Hall–Kier alpha value is -3.25. The largest absolute Gasteiger partial charge is 0.350 e. The van der Waals surface area contributed by atoms with E-state index in [2.05, 4.69) is 15.5 Å². The number of thiazole rings is 1. The van der Waals surface area contributed by atoms with Crippen molar-refractivity contribution in [2.45, 2.75) is 6.92 Å². The van der Waals surface area contributed by atoms with Crippen LogP contribution in [0.4, 0.5) is 5.13 Å². The summed E-state index contributed by atoms with van der Waals surface area (Å²) in [5, 5.41) is 9.15. The van der Waals surface area contributed by atoms with Crippen molar-refractivity contribution in [1.82, 2.24) is 10.1 Å². The Morgan fingerprint density at radius 1 is 1.00 bits per heavy atom. The number of rotatable bonds is 4. The van der Waals surface area contributed by atoms with E-state index in [4.69, 9.17) is 4.52 Å². The summed E-state index contributed by atoms with van der Waals surface area (Å²) in [6.07, 6.45) is 0. The number of nitrogens with zero attached hydrogens (tertiary/aromatic N) is 2. The van der Waals surface area contributed by atoms with E-state index in [1.165, 1.54) is 16.9 Å². The molecule has 0 aliphatic heterocycles. The fourth-order valence-corrected chi connectivity index (χ4v) is 3.19. The lowest BCUT2D eigenvalue weighted by Crippen LogP contribution is -2.10. The van der Waals surface area contributed by atoms with Crippen LogP contribution < -0.4 is 5.32 Å². The third-order valence-electron chi connectivity index (χ3n) is 3.88. The van der Waals surface area contributed by atoms with Crippen LogP contribution in [0.2, 0.25) is 0 Å². The molecular formula is C20H15N3O2S. The van der Waals surface area contributed by atoms with Gasteiger partial charge >= 0.3 is 0 Å². The average Bonchev–Trinajstić information content (AvgIpc) is 3.33. The summed E-state index contributed by atoms with van der Waals surface area (Å²) in [5.41, 5.74) is 4.55. The van der Waals surface area contributed by atoms with Crippen LogP contribution in [0.5, 0.6) is 0 Å². The van der Waals surface area contributed by atoms with Crippen molar-refractivity contribution >= 4 is 22.4 Å². The molecule has 6 heteroatoms. The normalized spacial score (nSPS) is 10.7. The van der Waals surface area contributed by atoms with E-state index in [0.717, 1.165) is 16.8 Å². The highest BCUT2D eigenvalue weighted by molar-refractivity contribution is 7.14. The molecule has 0 radical (unpaired) electrons. The Bertz CT molecular complexity index is 1040. The second-order valence-electron chi connectivity index (χ2n) is 5.80. The Labute approximate surface area is 154 Å². The molecule has 0 aliphatic carbocycles. The summed E-state index contributed by atoms with van der Waals surface area (Å²) in [6, 6.07) is 19.3. The molecule has 1 amide bonds. The summed E-state index contributed by atoms with van der Waals surface area (Å²) in [5.74, 6) is -0.222. The minimum absolute atomic E-state index is 0.149. The van der Waals surface area contributed by atoms with Crippen molar-refractivity contribution in [3.05, 3.63) is 77.4 Å². The summed E-state index contributed by atoms with van der Waals surface area (Å²) in [4.78, 5) is 16.8. The van der Waals surface area contributed by atoms with Gasteiger partial charge in [0.15, 0.2) is 5.13 Å². The third-order valence-corrected chi connectivity index (χ3v) is 4.63. The predicted octanol–water partition coefficient (Wildman–Crippen LogP) is 5.03. The quantitative estimate of drug-likeness (QED) is 0.554. The topological polar surface area (TPSA) is 68.0 Å². The summed E-state index contributed by atoms with van der Waals surface area (Å²) >= 11 is 1.37. The van der Waals surface area contributed by atoms with Gasteiger partial charge in [-0.25, -0.2) is 4.98 Å². The molecule has 4 rings (SSSR count). The van der Waals surface area contributed by atoms with Crippen molar-refractivity contribution in [2.75, 3.05) is 5.32 Å². The molecule has 2 aromatic heterocycles. The van der Waals surface area contributed by atoms with Crippen molar-refractivity contribution in [3.63, 3.8) is 0 Å². The van der Waals surface area contributed by atoms with Crippen LogP contribution in [-0.2, 0) is 0 Å². The number of aromatic nitrogens is 2. The molecule has 0 atom stereocenters. The van der Waals surface area contributed by atoms with E-state index in [0.29, 0.717) is 10.8 Å². The van der Waals surface area contributed by atoms with Crippen LogP contribution in [0.1, 0.15) is 16.1 Å². The molecule has 0 saturated carbocycles. The molecule has 128 valence electrons. The van der Waals surface area contributed by atoms with Crippen molar-refractivity contribution in [2.24, 2.45) is 0 Å². The van der Waals surface area contributed by atoms with Crippen LogP contribution in [-0.4, -0.2) is 16.0 Å². The van der Waals surface area contributed by atoms with E-state index in [1.54, 1.807) is 6.07 Å². The van der Waals surface area contributed by atoms with E-state index in [-0.39, 0.29) is 11.7 Å². The van der Waals surface area contributed by atoms with Crippen molar-refractivity contribution in [1.29, 1.82) is 0 Å². The predicted molar refractivity (Wildman–Crippen MR) is 102 cm³/mol. The number of benzene rings is 2. The van der Waals surface area contributed by atoms with E-state index in [9.17, 15) is 4.79 Å². The molecule has 2 heterocycles. The molecule has 0 bridgehead atoms. The number of anilines is 1. The van der Waals surface area contributed by atoms with Crippen molar-refractivity contribution < 1.29 is 9.32 Å². The lowest BCUT2D eigenvalue weighted by molar-refractivity contribution is 0.0988. The zero-order valence-corrected chi connectivity index (χ0v) is 14.8. The second kappa shape index (κ2) is 6.93. The molecule has 1 N–H and O–H groups in total. The Morgan fingerprint density at radius 3 is 2.50 bits per heavy atom. The zero-order valence-electron chi connectivity index (χ0n) is 14.0. The highest BCUT2D eigenvalue weighted by Crippen LogP contribution is 2.26. The van der Waals surface area contributed by atoms with Gasteiger partial charge in [-0.15, -0.1) is 11.3 Å². The lowest BCUT2D eigenvalue weighted by atomic mass is 10.1. The average molecular weight is 361 g/mol. The molecule has 4 aromatic rings. The standard InChI is InChI=1S/C20H15N3O2S/c1-13-7-9-15(10-8-13)17-12-26-20(21-17)22-19(24)18-11-16(23-25-18)14-5-3-2-4-6-14/h2-12H,1H3,(H,21,22,24). The van der Waals surface area contributed by atoms with Gasteiger partial charge in [0.05, 0.1) is 5.69 Å². The fourth-order valence-electron chi connectivity index (χ4n) is 2.47. The summed E-state index contributed by atoms with van der Waals surface area (Å²) in [7, 11) is 0. The highest BCUT2D eigenvalue weighted by atomic mass is 32.1. The first-order chi connectivity index (χ1) is 12.7. The van der Waals surface area contributed by atoms with Gasteiger partial charge in [-0.3, -0.25) is 10.1 Å². The molecule has 0 aliphatic rings. The van der Waals surface area contributed by atoms with Gasteiger partial charge in [-0.05, 0) is 6.92 Å². The summed E-state index contributed by atoms with van der Waals surface area (Å²) < 4.78 is 5.17. The van der Waals surface area contributed by atoms with E-state index >= 15 is 0 Å². The van der Waals surface area contributed by atoms with Gasteiger partial charge < -0.3 is 4.52 Å². The van der Waals surface area contributed by atoms with E-state index < -0.39 is 0 Å². The van der Waals surface area contributed by atoms with Crippen LogP contribution in [0.15, 0.2) is 70.6 Å². The first-order valence-electron chi connectivity index (χ1n) is 8.05. The molecule has 5 nitrogen and oxygen atoms in total.